The highest BCUT2D eigenvalue weighted by Gasteiger charge is 2.22. The lowest BCUT2D eigenvalue weighted by Gasteiger charge is -2.16. The number of oxime groups is 2. The van der Waals surface area contributed by atoms with Crippen molar-refractivity contribution in [3.05, 3.63) is 71.6 Å². The molecule has 3 rings (SSSR count). The maximum absolute atomic E-state index is 13.6. The maximum Gasteiger partial charge on any atom is 0.280 e. The highest BCUT2D eigenvalue weighted by Crippen LogP contribution is 2.25. The molecule has 0 aromatic heterocycles. The molecule has 0 aliphatic carbocycles. The van der Waals surface area contributed by atoms with Crippen LogP contribution in [0.25, 0.3) is 0 Å². The van der Waals surface area contributed by atoms with E-state index in [2.05, 4.69) is 26.9 Å². The molecule has 0 unspecified atom stereocenters. The lowest BCUT2D eigenvalue weighted by molar-refractivity contribution is 0.0672. The second-order valence-electron chi connectivity index (χ2n) is 6.13. The molecule has 0 atom stereocenters. The van der Waals surface area contributed by atoms with Gasteiger partial charge in [-0.3, -0.25) is 0 Å². The smallest absolute Gasteiger partial charge is 0.280 e. The number of ether oxygens (including phenoxy) is 3. The number of benzene rings is 2. The highest BCUT2D eigenvalue weighted by atomic mass is 35.5. The maximum atomic E-state index is 13.6. The predicted molar refractivity (Wildman–Crippen MR) is 123 cm³/mol. The van der Waals surface area contributed by atoms with Gasteiger partial charge in [0.15, 0.2) is 19.0 Å². The second kappa shape index (κ2) is 12.2. The van der Waals surface area contributed by atoms with E-state index < -0.39 is 6.67 Å². The summed E-state index contributed by atoms with van der Waals surface area (Å²) in [6, 6.07) is 13.5. The fourth-order valence-electron chi connectivity index (χ4n) is 2.52. The summed E-state index contributed by atoms with van der Waals surface area (Å²) >= 11 is 6.03. The lowest BCUT2D eigenvalue weighted by atomic mass is 10.1. The lowest BCUT2D eigenvalue weighted by Crippen LogP contribution is -2.26. The first-order valence-electron chi connectivity index (χ1n) is 9.60. The molecule has 0 bridgehead atoms. The van der Waals surface area contributed by atoms with Gasteiger partial charge in [0.1, 0.15) is 31.6 Å². The predicted octanol–water partition coefficient (Wildman–Crippen LogP) is 4.38. The second-order valence-corrected chi connectivity index (χ2v) is 6.53. The van der Waals surface area contributed by atoms with Gasteiger partial charge in [-0.1, -0.05) is 41.0 Å². The van der Waals surface area contributed by atoms with Gasteiger partial charge in [0.2, 0.25) is 11.8 Å². The first-order valence-corrected chi connectivity index (χ1v) is 9.98. The normalized spacial score (nSPS) is 14.2. The molecule has 0 fully saturated rings. The van der Waals surface area contributed by atoms with Crippen LogP contribution in [0, 0.1) is 0 Å². The number of nitrogens with zero attached hydrogens (tertiary/aromatic N) is 4. The van der Waals surface area contributed by atoms with Crippen molar-refractivity contribution in [3.63, 3.8) is 0 Å². The Balaban J connectivity index is 1.76. The van der Waals surface area contributed by atoms with E-state index in [0.29, 0.717) is 29.5 Å². The van der Waals surface area contributed by atoms with Crippen LogP contribution in [0.15, 0.2) is 81.3 Å². The molecule has 0 saturated carbocycles. The number of hydrogen-bond acceptors (Lipinski definition) is 8. The molecule has 0 N–H and O–H groups in total. The van der Waals surface area contributed by atoms with Crippen molar-refractivity contribution in [1.29, 1.82) is 0 Å². The van der Waals surface area contributed by atoms with E-state index in [1.54, 1.807) is 48.5 Å². The summed E-state index contributed by atoms with van der Waals surface area (Å²) in [5.41, 5.74) is 0.634. The van der Waals surface area contributed by atoms with Crippen LogP contribution in [-0.4, -0.2) is 50.8 Å². The van der Waals surface area contributed by atoms with E-state index in [9.17, 15) is 4.39 Å². The van der Waals surface area contributed by atoms with Crippen molar-refractivity contribution in [2.45, 2.75) is 0 Å². The number of alkyl halides is 1. The Morgan fingerprint density at radius 1 is 1.15 bits per heavy atom. The van der Waals surface area contributed by atoms with Crippen LogP contribution in [0.1, 0.15) is 5.56 Å². The molecule has 2 aromatic rings. The molecule has 0 amide bonds. The molecule has 2 aromatic carbocycles. The van der Waals surface area contributed by atoms with Gasteiger partial charge in [-0.05, 0) is 36.0 Å². The minimum Gasteiger partial charge on any atom is -0.470 e. The Hall–Kier alpha value is -3.92. The average Bonchev–Trinajstić information content (AvgIpc) is 2.84. The molecule has 9 nitrogen and oxygen atoms in total. The van der Waals surface area contributed by atoms with Crippen LogP contribution in [0.3, 0.4) is 0 Å². The van der Waals surface area contributed by atoms with Gasteiger partial charge >= 0.3 is 0 Å². The van der Waals surface area contributed by atoms with Gasteiger partial charge in [-0.25, -0.2) is 14.4 Å². The van der Waals surface area contributed by atoms with Crippen LogP contribution in [0.4, 0.5) is 4.39 Å². The van der Waals surface area contributed by atoms with Gasteiger partial charge in [-0.15, -0.1) is 0 Å². The molecule has 1 heterocycles. The van der Waals surface area contributed by atoms with Crippen LogP contribution >= 0.6 is 11.6 Å². The zero-order valence-electron chi connectivity index (χ0n) is 17.6. The number of aliphatic imine (C=N–C) groups is 2. The summed E-state index contributed by atoms with van der Waals surface area (Å²) in [5, 5.41) is 8.19. The van der Waals surface area contributed by atoms with Crippen LogP contribution in [0.2, 0.25) is 5.02 Å². The fraction of sp³-hybridized carbons (Fsp3) is 0.182. The zero-order chi connectivity index (χ0) is 23.5. The highest BCUT2D eigenvalue weighted by molar-refractivity contribution is 6.45. The van der Waals surface area contributed by atoms with Crippen molar-refractivity contribution in [2.24, 2.45) is 20.3 Å². The Bertz CT molecular complexity index is 1100. The SMILES string of the molecule is C=C(/N=C\N=C(CF)Oc1ccccc1/C(=N/OC)C1=NOCCO1)Oc1ccccc1Cl. The fourth-order valence-corrected chi connectivity index (χ4v) is 2.69. The molecule has 0 saturated heterocycles. The first-order chi connectivity index (χ1) is 16.1. The third kappa shape index (κ3) is 6.78. The Morgan fingerprint density at radius 3 is 2.61 bits per heavy atom. The van der Waals surface area contributed by atoms with Gasteiger partial charge in [0, 0.05) is 0 Å². The van der Waals surface area contributed by atoms with Gasteiger partial charge < -0.3 is 23.9 Å². The molecule has 172 valence electrons. The van der Waals surface area contributed by atoms with Crippen molar-refractivity contribution in [1.82, 2.24) is 0 Å². The zero-order valence-corrected chi connectivity index (χ0v) is 18.4. The summed E-state index contributed by atoms with van der Waals surface area (Å²) in [4.78, 5) is 17.8. The Morgan fingerprint density at radius 2 is 1.91 bits per heavy atom. The van der Waals surface area contributed by atoms with E-state index in [-0.39, 0.29) is 29.1 Å². The minimum atomic E-state index is -1.00. The van der Waals surface area contributed by atoms with Crippen LogP contribution in [0.5, 0.6) is 11.5 Å². The minimum absolute atomic E-state index is 0.00688. The van der Waals surface area contributed by atoms with Gasteiger partial charge in [0.25, 0.3) is 5.90 Å². The summed E-state index contributed by atoms with van der Waals surface area (Å²) in [7, 11) is 1.37. The summed E-state index contributed by atoms with van der Waals surface area (Å²) < 4.78 is 30.1. The van der Waals surface area contributed by atoms with E-state index in [0.717, 1.165) is 6.34 Å². The average molecular weight is 475 g/mol. The van der Waals surface area contributed by atoms with Crippen molar-refractivity contribution >= 4 is 35.4 Å². The topological polar surface area (TPSA) is 95.6 Å². The molecule has 1 aliphatic heterocycles. The van der Waals surface area contributed by atoms with Crippen molar-refractivity contribution < 1.29 is 28.3 Å². The molecular formula is C22H20ClFN4O5. The third-order valence-electron chi connectivity index (χ3n) is 3.90. The molecular weight excluding hydrogens is 455 g/mol. The quantitative estimate of drug-likeness (QED) is 0.233. The number of hydrogen-bond donors (Lipinski definition) is 0. The largest absolute Gasteiger partial charge is 0.470 e. The van der Waals surface area contributed by atoms with E-state index >= 15 is 0 Å². The summed E-state index contributed by atoms with van der Waals surface area (Å²) in [6.07, 6.45) is 1.06. The third-order valence-corrected chi connectivity index (χ3v) is 4.21. The number of halogens is 2. The number of para-hydroxylation sites is 2. The van der Waals surface area contributed by atoms with E-state index in [1.807, 2.05) is 0 Å². The standard InChI is InChI=1S/C22H20ClFN4O5/c1-15(32-19-10-6-4-8-17(19)23)25-14-26-20(13-24)33-18-9-5-3-7-16(18)21(27-29-2)22-28-31-12-11-30-22/h3-10,14H,1,11-13H2,2H3/b25-14-,26-20?,27-21-. The van der Waals surface area contributed by atoms with Crippen LogP contribution < -0.4 is 9.47 Å². The molecule has 0 radical (unpaired) electrons. The molecule has 0 spiro atoms. The van der Waals surface area contributed by atoms with Crippen molar-refractivity contribution in [3.8, 4) is 11.5 Å². The molecule has 33 heavy (non-hydrogen) atoms. The van der Waals surface area contributed by atoms with Gasteiger partial charge in [0.05, 0.1) is 10.6 Å². The first kappa shape index (κ1) is 23.7. The molecule has 1 aliphatic rings. The Kier molecular flexibility index (Phi) is 8.78. The van der Waals surface area contributed by atoms with Gasteiger partial charge in [-0.2, -0.15) is 0 Å². The number of rotatable bonds is 9. The Labute approximate surface area is 194 Å². The monoisotopic (exact) mass is 474 g/mol. The summed E-state index contributed by atoms with van der Waals surface area (Å²) in [5.74, 6) is 0.459. The van der Waals surface area contributed by atoms with Crippen molar-refractivity contribution in [2.75, 3.05) is 27.0 Å². The van der Waals surface area contributed by atoms with E-state index in [1.165, 1.54) is 7.11 Å². The summed E-state index contributed by atoms with van der Waals surface area (Å²) in [6.45, 7) is 3.25. The van der Waals surface area contributed by atoms with Crippen LogP contribution in [-0.2, 0) is 14.4 Å². The molecule has 11 heteroatoms. The van der Waals surface area contributed by atoms with E-state index in [4.69, 9.17) is 35.5 Å².